The van der Waals surface area contributed by atoms with Crippen LogP contribution in [0, 0.1) is 10.1 Å². The normalized spacial score (nSPS) is 24.8. The van der Waals surface area contributed by atoms with Gasteiger partial charge in [-0.3, -0.25) is 14.9 Å². The number of non-ortho nitro benzene ring substituents is 1. The molecule has 5 heteroatoms. The fourth-order valence-corrected chi connectivity index (χ4v) is 4.32. The molecule has 1 saturated heterocycles. The first kappa shape index (κ1) is 15.8. The summed E-state index contributed by atoms with van der Waals surface area (Å²) in [7, 11) is 0. The van der Waals surface area contributed by atoms with Gasteiger partial charge in [-0.2, -0.15) is 0 Å². The monoisotopic (exact) mass is 336 g/mol. The summed E-state index contributed by atoms with van der Waals surface area (Å²) in [5, 5.41) is 14.2. The summed E-state index contributed by atoms with van der Waals surface area (Å²) in [6, 6.07) is 13.3. The van der Waals surface area contributed by atoms with Gasteiger partial charge in [0.05, 0.1) is 4.92 Å². The number of carbonyl (C=O) groups is 1. The molecule has 4 rings (SSSR count). The van der Waals surface area contributed by atoms with Gasteiger partial charge in [-0.15, -0.1) is 0 Å². The van der Waals surface area contributed by atoms with Gasteiger partial charge >= 0.3 is 0 Å². The van der Waals surface area contributed by atoms with Crippen molar-refractivity contribution in [1.29, 1.82) is 0 Å². The maximum atomic E-state index is 11.7. The number of rotatable bonds is 2. The third-order valence-corrected chi connectivity index (χ3v) is 5.79. The lowest BCUT2D eigenvalue weighted by atomic mass is 9.64. The minimum atomic E-state index is -0.363. The van der Waals surface area contributed by atoms with Crippen molar-refractivity contribution in [2.24, 2.45) is 0 Å². The highest BCUT2D eigenvalue weighted by Crippen LogP contribution is 2.43. The quantitative estimate of drug-likeness (QED) is 0.670. The minimum absolute atomic E-state index is 0.0251. The lowest BCUT2D eigenvalue weighted by molar-refractivity contribution is -0.384. The first-order valence-corrected chi connectivity index (χ1v) is 8.65. The number of carbonyl (C=O) groups excluding carboxylic acids is 1. The number of aryl methyl sites for hydroxylation is 1. The van der Waals surface area contributed by atoms with E-state index in [1.807, 2.05) is 12.1 Å². The molecule has 2 aromatic rings. The molecule has 1 heterocycles. The van der Waals surface area contributed by atoms with E-state index in [-0.39, 0.29) is 28.0 Å². The van der Waals surface area contributed by atoms with Gasteiger partial charge in [0.15, 0.2) is 0 Å². The number of nitrogens with zero attached hydrogens (tertiary/aromatic N) is 1. The maximum absolute atomic E-state index is 11.7. The Morgan fingerprint density at radius 3 is 2.76 bits per heavy atom. The van der Waals surface area contributed by atoms with Gasteiger partial charge in [0.2, 0.25) is 5.91 Å². The first-order chi connectivity index (χ1) is 12.0. The summed E-state index contributed by atoms with van der Waals surface area (Å²) in [5.41, 5.74) is 4.54. The zero-order valence-electron chi connectivity index (χ0n) is 14.1. The lowest BCUT2D eigenvalue weighted by Gasteiger charge is -2.46. The average molecular weight is 336 g/mol. The highest BCUT2D eigenvalue weighted by Gasteiger charge is 2.43. The highest BCUT2D eigenvalue weighted by molar-refractivity contribution is 5.78. The standard InChI is InChI=1S/C20H20N2O3/c1-20-10-9-19(23)21-18(20)8-6-15-11-14(5-7-17(15)20)13-3-2-4-16(12-13)22(24)25/h2-5,7,11-12,18H,6,8-10H2,1H3,(H,21,23)/t18-,20-/m1/s1. The summed E-state index contributed by atoms with van der Waals surface area (Å²) < 4.78 is 0. The van der Waals surface area contributed by atoms with Crippen molar-refractivity contribution < 1.29 is 9.72 Å². The van der Waals surface area contributed by atoms with Crippen LogP contribution in [-0.4, -0.2) is 16.9 Å². The van der Waals surface area contributed by atoms with E-state index in [0.717, 1.165) is 30.4 Å². The van der Waals surface area contributed by atoms with E-state index >= 15 is 0 Å². The number of amides is 1. The number of piperidine rings is 1. The molecular formula is C20H20N2O3. The lowest BCUT2D eigenvalue weighted by Crippen LogP contribution is -2.55. The SMILES string of the molecule is C[C@]12CCC(=O)N[C@@H]1CCc1cc(-c3cccc([N+](=O)[O-])c3)ccc12. The summed E-state index contributed by atoms with van der Waals surface area (Å²) in [6.45, 7) is 2.24. The van der Waals surface area contributed by atoms with Crippen molar-refractivity contribution in [3.63, 3.8) is 0 Å². The van der Waals surface area contributed by atoms with Gasteiger partial charge in [-0.25, -0.2) is 0 Å². The molecule has 25 heavy (non-hydrogen) atoms. The molecule has 1 amide bonds. The predicted octanol–water partition coefficient (Wildman–Crippen LogP) is 3.74. The average Bonchev–Trinajstić information content (AvgIpc) is 2.62. The number of benzene rings is 2. The van der Waals surface area contributed by atoms with Crippen LogP contribution in [0.25, 0.3) is 11.1 Å². The predicted molar refractivity (Wildman–Crippen MR) is 95.4 cm³/mol. The van der Waals surface area contributed by atoms with Gasteiger partial charge in [0, 0.05) is 30.0 Å². The Labute approximate surface area is 146 Å². The molecule has 1 aliphatic carbocycles. The van der Waals surface area contributed by atoms with Crippen molar-refractivity contribution in [1.82, 2.24) is 5.32 Å². The van der Waals surface area contributed by atoms with E-state index in [1.54, 1.807) is 12.1 Å². The highest BCUT2D eigenvalue weighted by atomic mass is 16.6. The van der Waals surface area contributed by atoms with Gasteiger partial charge in [-0.1, -0.05) is 37.3 Å². The number of nitro benzene ring substituents is 1. The number of fused-ring (bicyclic) bond motifs is 3. The van der Waals surface area contributed by atoms with Crippen molar-refractivity contribution in [2.45, 2.75) is 44.1 Å². The molecule has 0 spiro atoms. The second-order valence-electron chi connectivity index (χ2n) is 7.26. The number of hydrogen-bond acceptors (Lipinski definition) is 3. The number of hydrogen-bond donors (Lipinski definition) is 1. The van der Waals surface area contributed by atoms with Crippen LogP contribution < -0.4 is 5.32 Å². The molecule has 0 unspecified atom stereocenters. The molecule has 0 saturated carbocycles. The van der Waals surface area contributed by atoms with Crippen molar-refractivity contribution in [3.8, 4) is 11.1 Å². The van der Waals surface area contributed by atoms with Crippen LogP contribution in [0.5, 0.6) is 0 Å². The van der Waals surface area contributed by atoms with Gasteiger partial charge in [0.25, 0.3) is 5.69 Å². The Bertz CT molecular complexity index is 877. The summed E-state index contributed by atoms with van der Waals surface area (Å²) in [4.78, 5) is 22.4. The summed E-state index contributed by atoms with van der Waals surface area (Å²) >= 11 is 0. The number of nitrogens with one attached hydrogen (secondary N) is 1. The molecular weight excluding hydrogens is 316 g/mol. The molecule has 1 aliphatic heterocycles. The van der Waals surface area contributed by atoms with Crippen LogP contribution in [0.3, 0.4) is 0 Å². The topological polar surface area (TPSA) is 72.2 Å². The van der Waals surface area contributed by atoms with E-state index in [2.05, 4.69) is 24.4 Å². The molecule has 0 aromatic heterocycles. The number of nitro groups is 1. The fraction of sp³-hybridized carbons (Fsp3) is 0.350. The second-order valence-corrected chi connectivity index (χ2v) is 7.26. The van der Waals surface area contributed by atoms with Crippen LogP contribution in [0.2, 0.25) is 0 Å². The molecule has 0 bridgehead atoms. The van der Waals surface area contributed by atoms with Crippen molar-refractivity contribution in [3.05, 3.63) is 63.7 Å². The molecule has 5 nitrogen and oxygen atoms in total. The first-order valence-electron chi connectivity index (χ1n) is 8.65. The molecule has 1 N–H and O–H groups in total. The molecule has 128 valence electrons. The Morgan fingerprint density at radius 1 is 1.16 bits per heavy atom. The zero-order valence-corrected chi connectivity index (χ0v) is 14.1. The third kappa shape index (κ3) is 2.60. The smallest absolute Gasteiger partial charge is 0.270 e. The van der Waals surface area contributed by atoms with E-state index in [0.29, 0.717) is 6.42 Å². The van der Waals surface area contributed by atoms with Crippen LogP contribution in [0.15, 0.2) is 42.5 Å². The Morgan fingerprint density at radius 2 is 1.96 bits per heavy atom. The van der Waals surface area contributed by atoms with Gasteiger partial charge in [0.1, 0.15) is 0 Å². The Balaban J connectivity index is 1.73. The Hall–Kier alpha value is -2.69. The molecule has 0 radical (unpaired) electrons. The van der Waals surface area contributed by atoms with E-state index in [4.69, 9.17) is 0 Å². The largest absolute Gasteiger partial charge is 0.352 e. The van der Waals surface area contributed by atoms with E-state index in [1.165, 1.54) is 17.2 Å². The summed E-state index contributed by atoms with van der Waals surface area (Å²) in [5.74, 6) is 0.152. The molecule has 2 atom stereocenters. The van der Waals surface area contributed by atoms with E-state index in [9.17, 15) is 14.9 Å². The van der Waals surface area contributed by atoms with Crippen molar-refractivity contribution >= 4 is 11.6 Å². The minimum Gasteiger partial charge on any atom is -0.352 e. The molecule has 1 fully saturated rings. The second kappa shape index (κ2) is 5.69. The Kier molecular flexibility index (Phi) is 3.60. The molecule has 2 aliphatic rings. The fourth-order valence-electron chi connectivity index (χ4n) is 4.32. The summed E-state index contributed by atoms with van der Waals surface area (Å²) in [6.07, 6.45) is 3.29. The van der Waals surface area contributed by atoms with Gasteiger partial charge in [-0.05, 0) is 41.5 Å². The van der Waals surface area contributed by atoms with Crippen LogP contribution >= 0.6 is 0 Å². The van der Waals surface area contributed by atoms with Crippen LogP contribution in [-0.2, 0) is 16.6 Å². The van der Waals surface area contributed by atoms with Crippen LogP contribution in [0.1, 0.15) is 37.3 Å². The zero-order chi connectivity index (χ0) is 17.6. The van der Waals surface area contributed by atoms with Crippen LogP contribution in [0.4, 0.5) is 5.69 Å². The maximum Gasteiger partial charge on any atom is 0.270 e. The van der Waals surface area contributed by atoms with E-state index < -0.39 is 0 Å². The molecule has 2 aromatic carbocycles. The van der Waals surface area contributed by atoms with Crippen molar-refractivity contribution in [2.75, 3.05) is 0 Å². The third-order valence-electron chi connectivity index (χ3n) is 5.79. The van der Waals surface area contributed by atoms with Gasteiger partial charge < -0.3 is 5.32 Å².